The van der Waals surface area contributed by atoms with Gasteiger partial charge in [-0.25, -0.2) is 0 Å². The Balaban J connectivity index is 1.38. The number of thiophene rings is 1. The second kappa shape index (κ2) is 9.62. The largest absolute Gasteiger partial charge is 0.356 e. The lowest BCUT2D eigenvalue weighted by Gasteiger charge is -2.35. The van der Waals surface area contributed by atoms with Gasteiger partial charge in [0, 0.05) is 45.1 Å². The predicted octanol–water partition coefficient (Wildman–Crippen LogP) is 3.57. The van der Waals surface area contributed by atoms with Gasteiger partial charge in [0.2, 0.25) is 11.8 Å². The maximum atomic E-state index is 13.1. The SMILES string of the molecule is CCCNC(=O)CCC(=O)N1CCCC12CCN(C(=O)c1cc(-c3ccc(Cl)s3)on1)C2. The number of likely N-dealkylation sites (tertiary alicyclic amines) is 2. The van der Waals surface area contributed by atoms with Crippen molar-refractivity contribution < 1.29 is 18.9 Å². The van der Waals surface area contributed by atoms with E-state index >= 15 is 0 Å². The fourth-order valence-corrected chi connectivity index (χ4v) is 5.58. The molecule has 172 valence electrons. The highest BCUT2D eigenvalue weighted by atomic mass is 35.5. The van der Waals surface area contributed by atoms with Crippen LogP contribution in [0.25, 0.3) is 10.6 Å². The molecule has 8 nitrogen and oxygen atoms in total. The summed E-state index contributed by atoms with van der Waals surface area (Å²) in [5.41, 5.74) is -0.0921. The van der Waals surface area contributed by atoms with E-state index in [0.717, 1.165) is 30.6 Å². The van der Waals surface area contributed by atoms with E-state index in [-0.39, 0.29) is 41.8 Å². The van der Waals surface area contributed by atoms with Crippen molar-refractivity contribution in [3.8, 4) is 10.6 Å². The summed E-state index contributed by atoms with van der Waals surface area (Å²) in [6.07, 6.45) is 3.76. The molecule has 4 heterocycles. The summed E-state index contributed by atoms with van der Waals surface area (Å²) in [6, 6.07) is 5.24. The molecule has 2 aromatic heterocycles. The van der Waals surface area contributed by atoms with Gasteiger partial charge in [-0.3, -0.25) is 14.4 Å². The second-order valence-electron chi connectivity index (χ2n) is 8.38. The Morgan fingerprint density at radius 2 is 2.09 bits per heavy atom. The topological polar surface area (TPSA) is 95.8 Å². The first kappa shape index (κ1) is 22.8. The maximum Gasteiger partial charge on any atom is 0.276 e. The average molecular weight is 479 g/mol. The van der Waals surface area contributed by atoms with Gasteiger partial charge >= 0.3 is 0 Å². The molecule has 2 saturated heterocycles. The van der Waals surface area contributed by atoms with Crippen LogP contribution in [0.15, 0.2) is 22.7 Å². The quantitative estimate of drug-likeness (QED) is 0.656. The molecule has 0 aliphatic carbocycles. The lowest BCUT2D eigenvalue weighted by Crippen LogP contribution is -2.49. The van der Waals surface area contributed by atoms with Crippen LogP contribution in [0.2, 0.25) is 4.34 Å². The van der Waals surface area contributed by atoms with E-state index in [1.54, 1.807) is 17.0 Å². The normalized spacial score (nSPS) is 20.3. The first-order chi connectivity index (χ1) is 15.4. The molecule has 0 radical (unpaired) electrons. The van der Waals surface area contributed by atoms with Gasteiger partial charge < -0.3 is 19.6 Å². The van der Waals surface area contributed by atoms with Crippen LogP contribution in [0.5, 0.6) is 0 Å². The number of hydrogen-bond acceptors (Lipinski definition) is 6. The number of amides is 3. The number of nitrogens with one attached hydrogen (secondary N) is 1. The first-order valence-corrected chi connectivity index (χ1v) is 12.2. The molecule has 1 unspecified atom stereocenters. The van der Waals surface area contributed by atoms with Crippen LogP contribution in [0.4, 0.5) is 0 Å². The summed E-state index contributed by atoms with van der Waals surface area (Å²) in [6.45, 7) is 4.33. The van der Waals surface area contributed by atoms with Crippen LogP contribution in [0.3, 0.4) is 0 Å². The van der Waals surface area contributed by atoms with E-state index in [1.165, 1.54) is 11.3 Å². The van der Waals surface area contributed by atoms with Gasteiger partial charge in [-0.1, -0.05) is 23.7 Å². The molecule has 1 atom stereocenters. The Morgan fingerprint density at radius 1 is 1.25 bits per heavy atom. The third-order valence-corrected chi connectivity index (χ3v) is 7.45. The zero-order valence-corrected chi connectivity index (χ0v) is 19.6. The third kappa shape index (κ3) is 4.68. The van der Waals surface area contributed by atoms with Crippen molar-refractivity contribution in [1.29, 1.82) is 0 Å². The summed E-state index contributed by atoms with van der Waals surface area (Å²) in [4.78, 5) is 42.3. The number of rotatable bonds is 7. The number of hydrogen-bond donors (Lipinski definition) is 1. The smallest absolute Gasteiger partial charge is 0.276 e. The molecule has 1 spiro atoms. The van der Waals surface area contributed by atoms with Gasteiger partial charge in [-0.2, -0.15) is 0 Å². The van der Waals surface area contributed by atoms with Crippen molar-refractivity contribution in [3.63, 3.8) is 0 Å². The van der Waals surface area contributed by atoms with Crippen LogP contribution in [-0.4, -0.2) is 64.4 Å². The second-order valence-corrected chi connectivity index (χ2v) is 10.1. The molecule has 0 bridgehead atoms. The molecule has 32 heavy (non-hydrogen) atoms. The molecule has 3 amide bonds. The van der Waals surface area contributed by atoms with Gasteiger partial charge in [0.15, 0.2) is 11.5 Å². The Morgan fingerprint density at radius 3 is 2.84 bits per heavy atom. The lowest BCUT2D eigenvalue weighted by molar-refractivity contribution is -0.136. The third-order valence-electron chi connectivity index (χ3n) is 6.20. The van der Waals surface area contributed by atoms with Gasteiger partial charge in [0.25, 0.3) is 5.91 Å². The summed E-state index contributed by atoms with van der Waals surface area (Å²) in [7, 11) is 0. The highest BCUT2D eigenvalue weighted by Crippen LogP contribution is 2.39. The van der Waals surface area contributed by atoms with Gasteiger partial charge in [0.1, 0.15) is 0 Å². The molecule has 0 aromatic carbocycles. The summed E-state index contributed by atoms with van der Waals surface area (Å²) in [5, 5.41) is 6.77. The van der Waals surface area contributed by atoms with Crippen molar-refractivity contribution in [2.75, 3.05) is 26.2 Å². The van der Waals surface area contributed by atoms with Crippen LogP contribution < -0.4 is 5.32 Å². The van der Waals surface area contributed by atoms with E-state index in [4.69, 9.17) is 16.1 Å². The van der Waals surface area contributed by atoms with Crippen LogP contribution in [-0.2, 0) is 9.59 Å². The monoisotopic (exact) mass is 478 g/mol. The summed E-state index contributed by atoms with van der Waals surface area (Å²) >= 11 is 7.34. The Bertz CT molecular complexity index is 1010. The summed E-state index contributed by atoms with van der Waals surface area (Å²) in [5.74, 6) is 0.211. The van der Waals surface area contributed by atoms with Crippen LogP contribution >= 0.6 is 22.9 Å². The molecule has 1 N–H and O–H groups in total. The van der Waals surface area contributed by atoms with Gasteiger partial charge in [-0.05, 0) is 37.8 Å². The number of carbonyl (C=O) groups is 3. The van der Waals surface area contributed by atoms with Crippen molar-refractivity contribution in [2.45, 2.75) is 51.0 Å². The minimum Gasteiger partial charge on any atom is -0.356 e. The van der Waals surface area contributed by atoms with Gasteiger partial charge in [0.05, 0.1) is 14.8 Å². The average Bonchev–Trinajstić information content (AvgIpc) is 3.58. The molecule has 2 aromatic rings. The van der Waals surface area contributed by atoms with Crippen molar-refractivity contribution in [2.24, 2.45) is 0 Å². The number of halogens is 1. The predicted molar refractivity (Wildman–Crippen MR) is 122 cm³/mol. The minimum absolute atomic E-state index is 0.0123. The molecule has 4 rings (SSSR count). The van der Waals surface area contributed by atoms with Crippen LogP contribution in [0, 0.1) is 0 Å². The number of nitrogens with zero attached hydrogens (tertiary/aromatic N) is 3. The highest BCUT2D eigenvalue weighted by Gasteiger charge is 2.49. The summed E-state index contributed by atoms with van der Waals surface area (Å²) < 4.78 is 5.99. The van der Waals surface area contributed by atoms with Crippen LogP contribution in [0.1, 0.15) is 55.9 Å². The first-order valence-electron chi connectivity index (χ1n) is 11.0. The van der Waals surface area contributed by atoms with E-state index in [0.29, 0.717) is 36.3 Å². The standard InChI is InChI=1S/C22H27ClN4O4S/c1-2-10-24-19(28)6-7-20(29)27-11-3-8-22(27)9-12-26(14-22)21(30)15-13-16(31-25-15)17-4-5-18(23)32-17/h4-5,13H,2-3,6-12,14H2,1H3,(H,24,28). The zero-order chi connectivity index (χ0) is 22.7. The number of aromatic nitrogens is 1. The van der Waals surface area contributed by atoms with Gasteiger partial charge in [-0.15, -0.1) is 11.3 Å². The lowest BCUT2D eigenvalue weighted by atomic mass is 9.95. The minimum atomic E-state index is -0.347. The highest BCUT2D eigenvalue weighted by molar-refractivity contribution is 7.19. The molecular weight excluding hydrogens is 452 g/mol. The van der Waals surface area contributed by atoms with E-state index in [9.17, 15) is 14.4 Å². The van der Waals surface area contributed by atoms with Crippen molar-refractivity contribution >= 4 is 40.7 Å². The fraction of sp³-hybridized carbons (Fsp3) is 0.545. The number of carbonyl (C=O) groups excluding carboxylic acids is 3. The molecular formula is C22H27ClN4O4S. The van der Waals surface area contributed by atoms with Crippen molar-refractivity contribution in [3.05, 3.63) is 28.2 Å². The van der Waals surface area contributed by atoms with E-state index < -0.39 is 0 Å². The fourth-order valence-electron chi connectivity index (χ4n) is 4.59. The zero-order valence-electron chi connectivity index (χ0n) is 18.1. The Hall–Kier alpha value is -2.39. The molecule has 0 saturated carbocycles. The molecule has 2 fully saturated rings. The Labute approximate surface area is 195 Å². The van der Waals surface area contributed by atoms with Crippen molar-refractivity contribution in [1.82, 2.24) is 20.3 Å². The Kier molecular flexibility index (Phi) is 6.85. The van der Waals surface area contributed by atoms with E-state index in [2.05, 4.69) is 10.5 Å². The molecule has 2 aliphatic rings. The molecule has 2 aliphatic heterocycles. The van der Waals surface area contributed by atoms with E-state index in [1.807, 2.05) is 17.9 Å². The maximum absolute atomic E-state index is 13.1. The molecule has 10 heteroatoms.